The van der Waals surface area contributed by atoms with Gasteiger partial charge in [0, 0.05) is 16.1 Å². The first-order valence-electron chi connectivity index (χ1n) is 6.08. The fourth-order valence-electron chi connectivity index (χ4n) is 1.86. The number of halogens is 2. The maximum Gasteiger partial charge on any atom is 0.248 e. The largest absolute Gasteiger partial charge is 0.376 e. The van der Waals surface area contributed by atoms with Gasteiger partial charge in [-0.05, 0) is 42.8 Å². The Labute approximate surface area is 125 Å². The van der Waals surface area contributed by atoms with Crippen LogP contribution in [0.25, 0.3) is 0 Å². The third-order valence-corrected chi connectivity index (χ3v) is 3.52. The van der Waals surface area contributed by atoms with E-state index in [-0.39, 0.29) is 17.3 Å². The van der Waals surface area contributed by atoms with Crippen LogP contribution in [0.4, 0.5) is 10.1 Å². The number of carbonyl (C=O) groups is 1. The van der Waals surface area contributed by atoms with Crippen LogP contribution < -0.4 is 11.1 Å². The molecule has 0 fully saturated rings. The van der Waals surface area contributed by atoms with Crippen molar-refractivity contribution in [3.05, 3.63) is 63.9 Å². The molecule has 3 N–H and O–H groups in total. The number of hydrogen-bond donors (Lipinski definition) is 2. The number of primary amides is 1. The van der Waals surface area contributed by atoms with E-state index in [0.717, 1.165) is 10.0 Å². The van der Waals surface area contributed by atoms with Crippen LogP contribution >= 0.6 is 15.9 Å². The Morgan fingerprint density at radius 3 is 2.50 bits per heavy atom. The Kier molecular flexibility index (Phi) is 4.39. The van der Waals surface area contributed by atoms with Crippen molar-refractivity contribution in [3.63, 3.8) is 0 Å². The van der Waals surface area contributed by atoms with Gasteiger partial charge in [-0.25, -0.2) is 4.39 Å². The van der Waals surface area contributed by atoms with Gasteiger partial charge in [-0.1, -0.05) is 28.1 Å². The van der Waals surface area contributed by atoms with Crippen molar-refractivity contribution in [1.29, 1.82) is 0 Å². The Morgan fingerprint density at radius 2 is 1.90 bits per heavy atom. The number of carbonyl (C=O) groups excluding carboxylic acids is 1. The van der Waals surface area contributed by atoms with Gasteiger partial charge in [-0.3, -0.25) is 4.79 Å². The lowest BCUT2D eigenvalue weighted by molar-refractivity contribution is 0.100. The van der Waals surface area contributed by atoms with Gasteiger partial charge in [0.25, 0.3) is 0 Å². The van der Waals surface area contributed by atoms with Gasteiger partial charge in [-0.2, -0.15) is 0 Å². The topological polar surface area (TPSA) is 55.1 Å². The summed E-state index contributed by atoms with van der Waals surface area (Å²) in [6.07, 6.45) is 0. The van der Waals surface area contributed by atoms with Crippen molar-refractivity contribution in [2.24, 2.45) is 5.73 Å². The standard InChI is InChI=1S/C15H14BrFN2O/c1-9(10-2-5-12(16)6-3-10)19-14-8-11(15(18)20)4-7-13(14)17/h2-9,19H,1H3,(H2,18,20). The zero-order chi connectivity index (χ0) is 14.7. The SMILES string of the molecule is CC(Nc1cc(C(N)=O)ccc1F)c1ccc(Br)cc1. The van der Waals surface area contributed by atoms with Gasteiger partial charge < -0.3 is 11.1 Å². The van der Waals surface area contributed by atoms with Gasteiger partial charge in [0.2, 0.25) is 5.91 Å². The molecule has 0 saturated heterocycles. The third-order valence-electron chi connectivity index (χ3n) is 2.99. The summed E-state index contributed by atoms with van der Waals surface area (Å²) in [7, 11) is 0. The first-order chi connectivity index (χ1) is 9.47. The molecule has 5 heteroatoms. The summed E-state index contributed by atoms with van der Waals surface area (Å²) in [5.74, 6) is -0.997. The molecular formula is C15H14BrFN2O. The molecule has 2 aromatic carbocycles. The molecule has 1 amide bonds. The average Bonchev–Trinajstić information content (AvgIpc) is 2.41. The van der Waals surface area contributed by atoms with Crippen LogP contribution in [-0.2, 0) is 0 Å². The first kappa shape index (κ1) is 14.5. The van der Waals surface area contributed by atoms with Crippen LogP contribution in [0, 0.1) is 5.82 Å². The lowest BCUT2D eigenvalue weighted by Gasteiger charge is -2.17. The molecule has 0 radical (unpaired) electrons. The third kappa shape index (κ3) is 3.36. The predicted molar refractivity (Wildman–Crippen MR) is 81.1 cm³/mol. The Morgan fingerprint density at radius 1 is 1.25 bits per heavy atom. The van der Waals surface area contributed by atoms with Crippen LogP contribution in [0.5, 0.6) is 0 Å². The van der Waals surface area contributed by atoms with E-state index in [4.69, 9.17) is 5.73 Å². The molecular weight excluding hydrogens is 323 g/mol. The summed E-state index contributed by atoms with van der Waals surface area (Å²) in [5.41, 5.74) is 6.74. The van der Waals surface area contributed by atoms with Crippen LogP contribution in [0.3, 0.4) is 0 Å². The lowest BCUT2D eigenvalue weighted by atomic mass is 10.1. The van der Waals surface area contributed by atoms with Crippen LogP contribution in [0.15, 0.2) is 46.9 Å². The minimum Gasteiger partial charge on any atom is -0.376 e. The van der Waals surface area contributed by atoms with Gasteiger partial charge in [-0.15, -0.1) is 0 Å². The van der Waals surface area contributed by atoms with Gasteiger partial charge in [0.1, 0.15) is 5.82 Å². The summed E-state index contributed by atoms with van der Waals surface area (Å²) in [6.45, 7) is 1.92. The van der Waals surface area contributed by atoms with E-state index in [1.807, 2.05) is 31.2 Å². The number of amides is 1. The molecule has 104 valence electrons. The smallest absolute Gasteiger partial charge is 0.248 e. The van der Waals surface area contributed by atoms with Crippen molar-refractivity contribution >= 4 is 27.5 Å². The van der Waals surface area contributed by atoms with E-state index in [1.54, 1.807) is 0 Å². The van der Waals surface area contributed by atoms with Crippen molar-refractivity contribution in [3.8, 4) is 0 Å². The molecule has 0 spiro atoms. The molecule has 1 atom stereocenters. The summed E-state index contributed by atoms with van der Waals surface area (Å²) in [4.78, 5) is 11.1. The fourth-order valence-corrected chi connectivity index (χ4v) is 2.12. The second kappa shape index (κ2) is 6.05. The summed E-state index contributed by atoms with van der Waals surface area (Å²) in [5, 5.41) is 3.04. The molecule has 0 aliphatic carbocycles. The Balaban J connectivity index is 2.22. The van der Waals surface area contributed by atoms with Crippen LogP contribution in [0.2, 0.25) is 0 Å². The highest BCUT2D eigenvalue weighted by molar-refractivity contribution is 9.10. The zero-order valence-corrected chi connectivity index (χ0v) is 12.4. The first-order valence-corrected chi connectivity index (χ1v) is 6.88. The molecule has 0 aliphatic rings. The number of nitrogens with one attached hydrogen (secondary N) is 1. The summed E-state index contributed by atoms with van der Waals surface area (Å²) in [6, 6.07) is 11.7. The van der Waals surface area contributed by atoms with E-state index in [9.17, 15) is 9.18 Å². The second-order valence-electron chi connectivity index (χ2n) is 4.48. The van der Waals surface area contributed by atoms with Crippen LogP contribution in [-0.4, -0.2) is 5.91 Å². The van der Waals surface area contributed by atoms with Gasteiger partial charge >= 0.3 is 0 Å². The Hall–Kier alpha value is -1.88. The molecule has 0 heterocycles. The number of hydrogen-bond acceptors (Lipinski definition) is 2. The molecule has 1 unspecified atom stereocenters. The monoisotopic (exact) mass is 336 g/mol. The highest BCUT2D eigenvalue weighted by Crippen LogP contribution is 2.23. The van der Waals surface area contributed by atoms with Gasteiger partial charge in [0.15, 0.2) is 0 Å². The van der Waals surface area contributed by atoms with E-state index in [2.05, 4.69) is 21.2 Å². The molecule has 0 saturated carbocycles. The van der Waals surface area contributed by atoms with Crippen molar-refractivity contribution in [1.82, 2.24) is 0 Å². The molecule has 2 rings (SSSR count). The summed E-state index contributed by atoms with van der Waals surface area (Å²) < 4.78 is 14.7. The van der Waals surface area contributed by atoms with Crippen molar-refractivity contribution in [2.75, 3.05) is 5.32 Å². The quantitative estimate of drug-likeness (QED) is 0.890. The predicted octanol–water partition coefficient (Wildman–Crippen LogP) is 3.86. The van der Waals surface area contributed by atoms with Crippen LogP contribution in [0.1, 0.15) is 28.9 Å². The maximum atomic E-state index is 13.8. The average molecular weight is 337 g/mol. The van der Waals surface area contributed by atoms with E-state index in [0.29, 0.717) is 0 Å². The molecule has 3 nitrogen and oxygen atoms in total. The second-order valence-corrected chi connectivity index (χ2v) is 5.39. The fraction of sp³-hybridized carbons (Fsp3) is 0.133. The normalized spacial score (nSPS) is 11.9. The highest BCUT2D eigenvalue weighted by atomic mass is 79.9. The maximum absolute atomic E-state index is 13.8. The molecule has 20 heavy (non-hydrogen) atoms. The minimum absolute atomic E-state index is 0.0965. The molecule has 2 aromatic rings. The van der Waals surface area contributed by atoms with Gasteiger partial charge in [0.05, 0.1) is 5.69 Å². The number of rotatable bonds is 4. The number of benzene rings is 2. The summed E-state index contributed by atoms with van der Waals surface area (Å²) >= 11 is 3.37. The van der Waals surface area contributed by atoms with Crippen molar-refractivity contribution < 1.29 is 9.18 Å². The molecule has 0 aliphatic heterocycles. The van der Waals surface area contributed by atoms with E-state index >= 15 is 0 Å². The molecule has 0 bridgehead atoms. The van der Waals surface area contributed by atoms with E-state index < -0.39 is 11.7 Å². The number of anilines is 1. The minimum atomic E-state index is -0.579. The zero-order valence-electron chi connectivity index (χ0n) is 10.9. The van der Waals surface area contributed by atoms with E-state index in [1.165, 1.54) is 18.2 Å². The lowest BCUT2D eigenvalue weighted by Crippen LogP contribution is -2.13. The van der Waals surface area contributed by atoms with Crippen molar-refractivity contribution in [2.45, 2.75) is 13.0 Å². The Bertz CT molecular complexity index is 628. The highest BCUT2D eigenvalue weighted by Gasteiger charge is 2.11. The molecule has 0 aromatic heterocycles. The number of nitrogens with two attached hydrogens (primary N) is 1.